The molecule has 4 heterocycles. The van der Waals surface area contributed by atoms with Crippen LogP contribution in [0.3, 0.4) is 0 Å². The van der Waals surface area contributed by atoms with Crippen LogP contribution in [-0.2, 0) is 6.18 Å². The molecule has 5 rings (SSSR count). The fourth-order valence-corrected chi connectivity index (χ4v) is 3.99. The summed E-state index contributed by atoms with van der Waals surface area (Å²) >= 11 is 0. The van der Waals surface area contributed by atoms with Gasteiger partial charge >= 0.3 is 6.18 Å². The number of hydrogen-bond donors (Lipinski definition) is 0. The van der Waals surface area contributed by atoms with E-state index in [9.17, 15) is 22.4 Å². The maximum atomic E-state index is 13.4. The topological polar surface area (TPSA) is 76.5 Å². The van der Waals surface area contributed by atoms with E-state index >= 15 is 0 Å². The number of benzene rings is 1. The summed E-state index contributed by atoms with van der Waals surface area (Å²) in [5, 5.41) is 8.03. The molecule has 0 N–H and O–H groups in total. The van der Waals surface area contributed by atoms with Gasteiger partial charge in [0.15, 0.2) is 5.65 Å². The molecule has 1 amide bonds. The summed E-state index contributed by atoms with van der Waals surface area (Å²) in [6.07, 6.45) is -4.03. The van der Waals surface area contributed by atoms with Crippen molar-refractivity contribution in [1.29, 1.82) is 0 Å². The first-order valence-corrected chi connectivity index (χ1v) is 10.2. The van der Waals surface area contributed by atoms with Crippen LogP contribution in [-0.4, -0.2) is 43.7 Å². The van der Waals surface area contributed by atoms with Gasteiger partial charge in [0.05, 0.1) is 5.69 Å². The Morgan fingerprint density at radius 3 is 2.64 bits per heavy atom. The van der Waals surface area contributed by atoms with Crippen molar-refractivity contribution in [2.75, 3.05) is 13.1 Å². The molecule has 3 aromatic heterocycles. The standard InChI is InChI=1S/C22H17F4N5O2/c1-12-8-19(22(24,25)26)31-20(27-12)10-16(28-31)14-6-7-30(11-14)21(32)18-9-17(29-33-18)13-2-4-15(23)5-3-13/h2-5,8-10,14H,6-7,11H2,1H3/t14-/m0/s1. The summed E-state index contributed by atoms with van der Waals surface area (Å²) in [5.41, 5.74) is 0.908. The van der Waals surface area contributed by atoms with Gasteiger partial charge in [0.1, 0.15) is 17.2 Å². The van der Waals surface area contributed by atoms with Crippen LogP contribution in [0.25, 0.3) is 16.9 Å². The molecule has 7 nitrogen and oxygen atoms in total. The van der Waals surface area contributed by atoms with Crippen LogP contribution in [0.2, 0.25) is 0 Å². The van der Waals surface area contributed by atoms with Gasteiger partial charge < -0.3 is 9.42 Å². The molecule has 0 unspecified atom stereocenters. The number of alkyl halides is 3. The van der Waals surface area contributed by atoms with Crippen LogP contribution < -0.4 is 0 Å². The third kappa shape index (κ3) is 3.94. The number of carbonyl (C=O) groups excluding carboxylic acids is 1. The highest BCUT2D eigenvalue weighted by Crippen LogP contribution is 2.33. The third-order valence-corrected chi connectivity index (χ3v) is 5.62. The highest BCUT2D eigenvalue weighted by atomic mass is 19.4. The van der Waals surface area contributed by atoms with E-state index < -0.39 is 11.9 Å². The number of amides is 1. The van der Waals surface area contributed by atoms with E-state index in [4.69, 9.17) is 4.52 Å². The molecular weight excluding hydrogens is 442 g/mol. The predicted molar refractivity (Wildman–Crippen MR) is 108 cm³/mol. The Labute approximate surface area is 184 Å². The zero-order valence-electron chi connectivity index (χ0n) is 17.3. The van der Waals surface area contributed by atoms with E-state index in [1.165, 1.54) is 43.3 Å². The number of halogens is 4. The van der Waals surface area contributed by atoms with Gasteiger partial charge in [0.2, 0.25) is 5.76 Å². The first-order chi connectivity index (χ1) is 15.7. The van der Waals surface area contributed by atoms with E-state index in [1.54, 1.807) is 4.90 Å². The Hall–Kier alpha value is -3.76. The second-order valence-corrected chi connectivity index (χ2v) is 7.94. The van der Waals surface area contributed by atoms with Crippen LogP contribution in [0.4, 0.5) is 17.6 Å². The molecule has 1 fully saturated rings. The molecule has 1 atom stereocenters. The van der Waals surface area contributed by atoms with E-state index in [-0.39, 0.29) is 41.3 Å². The minimum absolute atomic E-state index is 0.0293. The second-order valence-electron chi connectivity index (χ2n) is 7.94. The number of carbonyl (C=O) groups is 1. The van der Waals surface area contributed by atoms with Gasteiger partial charge in [-0.2, -0.15) is 18.3 Å². The van der Waals surface area contributed by atoms with Crippen LogP contribution in [0.15, 0.2) is 47.0 Å². The fraction of sp³-hybridized carbons (Fsp3) is 0.273. The Morgan fingerprint density at radius 1 is 1.15 bits per heavy atom. The first kappa shape index (κ1) is 21.1. The molecule has 0 aliphatic carbocycles. The van der Waals surface area contributed by atoms with Crippen molar-refractivity contribution < 1.29 is 26.9 Å². The van der Waals surface area contributed by atoms with Gasteiger partial charge in [-0.15, -0.1) is 0 Å². The van der Waals surface area contributed by atoms with E-state index in [0.29, 0.717) is 29.9 Å². The lowest BCUT2D eigenvalue weighted by atomic mass is 10.1. The minimum Gasteiger partial charge on any atom is -0.350 e. The van der Waals surface area contributed by atoms with Gasteiger partial charge in [-0.3, -0.25) is 4.79 Å². The van der Waals surface area contributed by atoms with Crippen molar-refractivity contribution in [3.05, 3.63) is 71.1 Å². The van der Waals surface area contributed by atoms with Crippen LogP contribution in [0, 0.1) is 12.7 Å². The lowest BCUT2D eigenvalue weighted by Gasteiger charge is -2.13. The highest BCUT2D eigenvalue weighted by Gasteiger charge is 2.36. The highest BCUT2D eigenvalue weighted by molar-refractivity contribution is 5.92. The summed E-state index contributed by atoms with van der Waals surface area (Å²) in [7, 11) is 0. The normalized spacial score (nSPS) is 16.6. The maximum absolute atomic E-state index is 13.4. The van der Waals surface area contributed by atoms with Gasteiger partial charge in [0.25, 0.3) is 5.91 Å². The van der Waals surface area contributed by atoms with Crippen molar-refractivity contribution in [3.63, 3.8) is 0 Å². The zero-order chi connectivity index (χ0) is 23.3. The smallest absolute Gasteiger partial charge is 0.350 e. The molecule has 1 saturated heterocycles. The van der Waals surface area contributed by atoms with E-state index in [0.717, 1.165) is 10.6 Å². The third-order valence-electron chi connectivity index (χ3n) is 5.62. The van der Waals surface area contributed by atoms with Crippen molar-refractivity contribution in [1.82, 2.24) is 24.7 Å². The molecule has 1 aliphatic rings. The van der Waals surface area contributed by atoms with Crippen molar-refractivity contribution in [2.45, 2.75) is 25.4 Å². The number of rotatable bonds is 3. The molecule has 170 valence electrons. The van der Waals surface area contributed by atoms with E-state index in [2.05, 4.69) is 15.2 Å². The quantitative estimate of drug-likeness (QED) is 0.422. The van der Waals surface area contributed by atoms with Crippen molar-refractivity contribution in [2.24, 2.45) is 0 Å². The molecule has 33 heavy (non-hydrogen) atoms. The zero-order valence-corrected chi connectivity index (χ0v) is 17.3. The van der Waals surface area contributed by atoms with Gasteiger partial charge in [-0.05, 0) is 43.7 Å². The average molecular weight is 459 g/mol. The fourth-order valence-electron chi connectivity index (χ4n) is 3.99. The molecule has 0 saturated carbocycles. The molecule has 0 radical (unpaired) electrons. The molecule has 1 aromatic carbocycles. The SMILES string of the molecule is Cc1cc(C(F)(F)F)n2nc([C@H]3CCN(C(=O)c4cc(-c5ccc(F)cc5)no4)C3)cc2n1. The number of hydrogen-bond acceptors (Lipinski definition) is 5. The monoisotopic (exact) mass is 459 g/mol. The van der Waals surface area contributed by atoms with Crippen LogP contribution >= 0.6 is 0 Å². The number of nitrogens with zero attached hydrogens (tertiary/aromatic N) is 5. The Morgan fingerprint density at radius 2 is 1.91 bits per heavy atom. The number of aryl methyl sites for hydroxylation is 1. The second kappa shape index (κ2) is 7.68. The minimum atomic E-state index is -4.57. The number of aromatic nitrogens is 4. The van der Waals surface area contributed by atoms with Crippen molar-refractivity contribution >= 4 is 11.6 Å². The van der Waals surface area contributed by atoms with Crippen molar-refractivity contribution in [3.8, 4) is 11.3 Å². The first-order valence-electron chi connectivity index (χ1n) is 10.2. The Kier molecular flexibility index (Phi) is 4.91. The molecule has 1 aliphatic heterocycles. The van der Waals surface area contributed by atoms with E-state index in [1.807, 2.05) is 0 Å². The predicted octanol–water partition coefficient (Wildman–Crippen LogP) is 4.48. The summed E-state index contributed by atoms with van der Waals surface area (Å²) in [6.45, 7) is 2.16. The summed E-state index contributed by atoms with van der Waals surface area (Å²) in [6, 6.07) is 9.59. The summed E-state index contributed by atoms with van der Waals surface area (Å²) in [5.74, 6) is -0.980. The molecular formula is C22H17F4N5O2. The molecule has 0 spiro atoms. The van der Waals surface area contributed by atoms with Crippen LogP contribution in [0.1, 0.15) is 40.0 Å². The van der Waals surface area contributed by atoms with Gasteiger partial charge in [-0.1, -0.05) is 5.16 Å². The lowest BCUT2D eigenvalue weighted by Crippen LogP contribution is -2.28. The van der Waals surface area contributed by atoms with Gasteiger partial charge in [0, 0.05) is 42.4 Å². The maximum Gasteiger partial charge on any atom is 0.433 e. The van der Waals surface area contributed by atoms with Gasteiger partial charge in [-0.25, -0.2) is 13.9 Å². The lowest BCUT2D eigenvalue weighted by molar-refractivity contribution is -0.142. The average Bonchev–Trinajstić information content (AvgIpc) is 3.51. The largest absolute Gasteiger partial charge is 0.433 e. The Bertz CT molecular complexity index is 1340. The molecule has 4 aromatic rings. The Balaban J connectivity index is 1.35. The molecule has 11 heteroatoms. The number of fused-ring (bicyclic) bond motifs is 1. The summed E-state index contributed by atoms with van der Waals surface area (Å²) in [4.78, 5) is 18.6. The van der Waals surface area contributed by atoms with Crippen LogP contribution in [0.5, 0.6) is 0 Å². The summed E-state index contributed by atoms with van der Waals surface area (Å²) < 4.78 is 59.3. The molecule has 0 bridgehead atoms. The number of likely N-dealkylation sites (tertiary alicyclic amines) is 1.